The molecular formula is C27H21Cl2N3O6. The molecule has 1 aromatic heterocycles. The summed E-state index contributed by atoms with van der Waals surface area (Å²) < 4.78 is 10.9. The molecule has 1 fully saturated rings. The maximum Gasteiger partial charge on any atom is 0.302 e. The van der Waals surface area contributed by atoms with Crippen LogP contribution in [0.5, 0.6) is 17.2 Å². The van der Waals surface area contributed by atoms with Crippen molar-refractivity contribution >= 4 is 57.6 Å². The molecule has 0 aliphatic carbocycles. The largest absolute Gasteiger partial charge is 0.507 e. The summed E-state index contributed by atoms with van der Waals surface area (Å²) in [7, 11) is 1.35. The van der Waals surface area contributed by atoms with E-state index in [1.165, 1.54) is 37.4 Å². The third kappa shape index (κ3) is 4.19. The number of aliphatic hydroxyl groups is 1. The lowest BCUT2D eigenvalue weighted by atomic mass is 9.94. The van der Waals surface area contributed by atoms with Crippen molar-refractivity contribution in [2.24, 2.45) is 0 Å². The van der Waals surface area contributed by atoms with E-state index in [1.807, 2.05) is 0 Å². The van der Waals surface area contributed by atoms with Crippen LogP contribution in [0.25, 0.3) is 16.8 Å². The van der Waals surface area contributed by atoms with Crippen molar-refractivity contribution in [3.8, 4) is 17.2 Å². The highest BCUT2D eigenvalue weighted by Crippen LogP contribution is 2.45. The monoisotopic (exact) mass is 553 g/mol. The number of anilines is 1. The number of H-pyrrole nitrogens is 1. The number of phenols is 1. The number of imidazole rings is 1. The number of nitrogens with one attached hydrogen (secondary N) is 1. The second-order valence-corrected chi connectivity index (χ2v) is 9.22. The van der Waals surface area contributed by atoms with Crippen molar-refractivity contribution in [3.63, 3.8) is 0 Å². The first-order valence-corrected chi connectivity index (χ1v) is 12.3. The predicted octanol–water partition coefficient (Wildman–Crippen LogP) is 5.61. The van der Waals surface area contributed by atoms with E-state index in [1.54, 1.807) is 31.2 Å². The standard InChI is InChI=1S/C27H21Cl2N3O6/c1-3-38-20-10-13(8-9-19(20)33)22-21(23(34)15-11-14(28)12-16(29)25(15)37-2)24(35)26(36)32(22)27-30-17-6-4-5-7-18(17)31-27/h4-12,22,33-34H,3H2,1-2H3,(H,30,31)/b23-21+. The Morgan fingerprint density at radius 2 is 1.89 bits per heavy atom. The van der Waals surface area contributed by atoms with E-state index in [4.69, 9.17) is 32.7 Å². The maximum absolute atomic E-state index is 13.5. The Balaban J connectivity index is 1.79. The van der Waals surface area contributed by atoms with Crippen LogP contribution < -0.4 is 14.4 Å². The Bertz CT molecular complexity index is 1600. The number of methoxy groups -OCH3 is 1. The molecule has 1 unspecified atom stereocenters. The number of hydrogen-bond acceptors (Lipinski definition) is 7. The van der Waals surface area contributed by atoms with Crippen molar-refractivity contribution in [1.29, 1.82) is 0 Å². The number of ketones is 1. The number of Topliss-reactive ketones (excluding diaryl/α,β-unsaturated/α-hetero) is 1. The minimum atomic E-state index is -1.15. The summed E-state index contributed by atoms with van der Waals surface area (Å²) in [6.45, 7) is 2.01. The number of carbonyl (C=O) groups is 2. The van der Waals surface area contributed by atoms with Gasteiger partial charge in [-0.2, -0.15) is 0 Å². The maximum atomic E-state index is 13.5. The van der Waals surface area contributed by atoms with Gasteiger partial charge >= 0.3 is 5.91 Å². The molecule has 11 heteroatoms. The lowest BCUT2D eigenvalue weighted by Crippen LogP contribution is -2.30. The molecule has 2 heterocycles. The molecule has 9 nitrogen and oxygen atoms in total. The number of benzene rings is 3. The molecule has 1 atom stereocenters. The SMILES string of the molecule is CCOc1cc(C2/C(=C(\O)c3cc(Cl)cc(Cl)c3OC)C(=O)C(=O)N2c2nc3ccccc3[nH]2)ccc1O. The van der Waals surface area contributed by atoms with Gasteiger partial charge in [0.2, 0.25) is 5.95 Å². The van der Waals surface area contributed by atoms with Crippen molar-refractivity contribution in [2.45, 2.75) is 13.0 Å². The Labute approximate surface area is 226 Å². The summed E-state index contributed by atoms with van der Waals surface area (Å²) in [5.41, 5.74) is 1.38. The summed E-state index contributed by atoms with van der Waals surface area (Å²) in [4.78, 5) is 35.7. The molecule has 1 aliphatic rings. The number of nitrogens with zero attached hydrogens (tertiary/aromatic N) is 2. The molecule has 0 saturated carbocycles. The topological polar surface area (TPSA) is 125 Å². The van der Waals surface area contributed by atoms with Crippen LogP contribution in [0.3, 0.4) is 0 Å². The van der Waals surface area contributed by atoms with Crippen LogP contribution in [0.1, 0.15) is 24.1 Å². The highest BCUT2D eigenvalue weighted by atomic mass is 35.5. The summed E-state index contributed by atoms with van der Waals surface area (Å²) in [5, 5.41) is 22.1. The molecule has 3 aromatic carbocycles. The van der Waals surface area contributed by atoms with Gasteiger partial charge in [-0.15, -0.1) is 0 Å². The average Bonchev–Trinajstić information content (AvgIpc) is 3.43. The van der Waals surface area contributed by atoms with Crippen LogP contribution in [0, 0.1) is 0 Å². The van der Waals surface area contributed by atoms with Crippen LogP contribution in [0.4, 0.5) is 5.95 Å². The van der Waals surface area contributed by atoms with Gasteiger partial charge in [0.1, 0.15) is 11.5 Å². The number of rotatable bonds is 6. The van der Waals surface area contributed by atoms with Gasteiger partial charge in [0.05, 0.1) is 47.0 Å². The Morgan fingerprint density at radius 3 is 2.61 bits per heavy atom. The minimum absolute atomic E-state index is 0.0291. The number of aliphatic hydroxyl groups excluding tert-OH is 1. The molecule has 0 spiro atoms. The third-order valence-corrected chi connectivity index (χ3v) is 6.62. The fourth-order valence-corrected chi connectivity index (χ4v) is 5.05. The second kappa shape index (κ2) is 9.92. The first-order valence-electron chi connectivity index (χ1n) is 11.5. The van der Waals surface area contributed by atoms with E-state index in [-0.39, 0.29) is 51.0 Å². The average molecular weight is 554 g/mol. The molecule has 0 radical (unpaired) electrons. The minimum Gasteiger partial charge on any atom is -0.507 e. The number of phenolic OH excluding ortho intramolecular Hbond substituents is 1. The van der Waals surface area contributed by atoms with Gasteiger partial charge < -0.3 is 24.7 Å². The van der Waals surface area contributed by atoms with E-state index in [0.717, 1.165) is 4.90 Å². The Hall–Kier alpha value is -4.21. The number of fused-ring (bicyclic) bond motifs is 1. The zero-order valence-electron chi connectivity index (χ0n) is 20.2. The molecule has 0 bridgehead atoms. The molecule has 1 saturated heterocycles. The number of aromatic amines is 1. The molecule has 194 valence electrons. The summed E-state index contributed by atoms with van der Waals surface area (Å²) in [5.74, 6) is -2.24. The van der Waals surface area contributed by atoms with Crippen molar-refractivity contribution < 1.29 is 29.3 Å². The number of carbonyl (C=O) groups excluding carboxylic acids is 2. The number of aromatic hydroxyl groups is 1. The number of aromatic nitrogens is 2. The highest BCUT2D eigenvalue weighted by Gasteiger charge is 2.48. The number of halogens is 2. The van der Waals surface area contributed by atoms with Gasteiger partial charge in [0.15, 0.2) is 11.5 Å². The van der Waals surface area contributed by atoms with Crippen LogP contribution in [-0.2, 0) is 9.59 Å². The second-order valence-electron chi connectivity index (χ2n) is 8.38. The van der Waals surface area contributed by atoms with E-state index >= 15 is 0 Å². The fraction of sp³-hybridized carbons (Fsp3) is 0.148. The van der Waals surface area contributed by atoms with Gasteiger partial charge in [0.25, 0.3) is 5.78 Å². The van der Waals surface area contributed by atoms with Crippen LogP contribution in [0.2, 0.25) is 10.0 Å². The van der Waals surface area contributed by atoms with Gasteiger partial charge in [-0.3, -0.25) is 14.5 Å². The lowest BCUT2D eigenvalue weighted by Gasteiger charge is -2.24. The van der Waals surface area contributed by atoms with Gasteiger partial charge in [-0.1, -0.05) is 41.4 Å². The quantitative estimate of drug-likeness (QED) is 0.161. The fourth-order valence-electron chi connectivity index (χ4n) is 4.48. The molecule has 38 heavy (non-hydrogen) atoms. The van der Waals surface area contributed by atoms with E-state index in [0.29, 0.717) is 16.6 Å². The van der Waals surface area contributed by atoms with Crippen LogP contribution >= 0.6 is 23.2 Å². The molecule has 4 aromatic rings. The molecule has 5 rings (SSSR count). The number of amides is 1. The Morgan fingerprint density at radius 1 is 1.13 bits per heavy atom. The lowest BCUT2D eigenvalue weighted by molar-refractivity contribution is -0.132. The van der Waals surface area contributed by atoms with Crippen molar-refractivity contribution in [3.05, 3.63) is 81.3 Å². The van der Waals surface area contributed by atoms with Gasteiger partial charge in [-0.25, -0.2) is 4.98 Å². The van der Waals surface area contributed by atoms with E-state index < -0.39 is 23.5 Å². The Kier molecular flexibility index (Phi) is 6.64. The molecule has 1 amide bonds. The summed E-state index contributed by atoms with van der Waals surface area (Å²) >= 11 is 12.5. The zero-order chi connectivity index (χ0) is 27.1. The van der Waals surface area contributed by atoms with Crippen molar-refractivity contribution in [1.82, 2.24) is 9.97 Å². The summed E-state index contributed by atoms with van der Waals surface area (Å²) in [6.07, 6.45) is 0. The third-order valence-electron chi connectivity index (χ3n) is 6.12. The predicted molar refractivity (Wildman–Crippen MR) is 143 cm³/mol. The van der Waals surface area contributed by atoms with Crippen molar-refractivity contribution in [2.75, 3.05) is 18.6 Å². The number of ether oxygens (including phenoxy) is 2. The highest BCUT2D eigenvalue weighted by molar-refractivity contribution is 6.51. The van der Waals surface area contributed by atoms with Gasteiger partial charge in [-0.05, 0) is 48.9 Å². The van der Waals surface area contributed by atoms with E-state index in [9.17, 15) is 19.8 Å². The van der Waals surface area contributed by atoms with Crippen LogP contribution in [0.15, 0.2) is 60.2 Å². The molecular weight excluding hydrogens is 533 g/mol. The van der Waals surface area contributed by atoms with E-state index in [2.05, 4.69) is 9.97 Å². The normalized spacial score (nSPS) is 16.8. The summed E-state index contributed by atoms with van der Waals surface area (Å²) in [6, 6.07) is 13.2. The first-order chi connectivity index (χ1) is 18.2. The van der Waals surface area contributed by atoms with Crippen LogP contribution in [-0.4, -0.2) is 45.6 Å². The number of hydrogen-bond donors (Lipinski definition) is 3. The molecule has 1 aliphatic heterocycles. The smallest absolute Gasteiger partial charge is 0.302 e. The first kappa shape index (κ1) is 25.4. The molecule has 3 N–H and O–H groups in total. The zero-order valence-corrected chi connectivity index (χ0v) is 21.7. The number of para-hydroxylation sites is 2. The van der Waals surface area contributed by atoms with Gasteiger partial charge in [0, 0.05) is 5.02 Å².